The van der Waals surface area contributed by atoms with E-state index in [9.17, 15) is 14.0 Å². The summed E-state index contributed by atoms with van der Waals surface area (Å²) in [6.45, 7) is 2.94. The van der Waals surface area contributed by atoms with Gasteiger partial charge < -0.3 is 10.6 Å². The summed E-state index contributed by atoms with van der Waals surface area (Å²) in [5.41, 5.74) is 2.52. The summed E-state index contributed by atoms with van der Waals surface area (Å²) in [5, 5.41) is 9.70. The van der Waals surface area contributed by atoms with Crippen LogP contribution in [0.4, 0.5) is 20.6 Å². The third kappa shape index (κ3) is 3.20. The molecule has 0 saturated carbocycles. The van der Waals surface area contributed by atoms with Gasteiger partial charge in [0.15, 0.2) is 0 Å². The molecule has 142 valence electrons. The fourth-order valence-electron chi connectivity index (χ4n) is 3.14. The van der Waals surface area contributed by atoms with Gasteiger partial charge in [-0.3, -0.25) is 9.69 Å². The lowest BCUT2D eigenvalue weighted by Gasteiger charge is -2.14. The van der Waals surface area contributed by atoms with E-state index in [0.29, 0.717) is 30.0 Å². The van der Waals surface area contributed by atoms with E-state index < -0.39 is 5.82 Å². The van der Waals surface area contributed by atoms with Gasteiger partial charge in [0.1, 0.15) is 11.5 Å². The molecule has 3 amide bonds. The number of anilines is 2. The number of nitrogens with one attached hydrogen (secondary N) is 2. The van der Waals surface area contributed by atoms with Gasteiger partial charge >= 0.3 is 6.03 Å². The van der Waals surface area contributed by atoms with E-state index in [1.165, 1.54) is 16.9 Å². The van der Waals surface area contributed by atoms with Crippen LogP contribution in [-0.2, 0) is 0 Å². The van der Waals surface area contributed by atoms with E-state index in [2.05, 4.69) is 15.7 Å². The Labute approximate surface area is 160 Å². The van der Waals surface area contributed by atoms with Gasteiger partial charge in [0.2, 0.25) is 0 Å². The molecule has 4 rings (SSSR count). The fraction of sp³-hybridized carbons (Fsp3) is 0.150. The number of para-hydroxylation sites is 1. The molecule has 8 heteroatoms. The molecule has 2 N–H and O–H groups in total. The van der Waals surface area contributed by atoms with E-state index in [1.807, 2.05) is 0 Å². The summed E-state index contributed by atoms with van der Waals surface area (Å²) in [6, 6.07) is 13.1. The molecule has 1 aliphatic rings. The molecule has 28 heavy (non-hydrogen) atoms. The fourth-order valence-corrected chi connectivity index (χ4v) is 3.14. The first-order valence-corrected chi connectivity index (χ1v) is 8.81. The third-order valence-electron chi connectivity index (χ3n) is 4.63. The number of benzene rings is 2. The molecule has 1 aliphatic heterocycles. The maximum Gasteiger partial charge on any atom is 0.321 e. The minimum absolute atomic E-state index is 0.132. The Balaban J connectivity index is 1.51. The summed E-state index contributed by atoms with van der Waals surface area (Å²) in [4.78, 5) is 26.0. The third-order valence-corrected chi connectivity index (χ3v) is 4.63. The van der Waals surface area contributed by atoms with Gasteiger partial charge in [-0.05, 0) is 43.3 Å². The van der Waals surface area contributed by atoms with Gasteiger partial charge in [-0.25, -0.2) is 13.9 Å². The van der Waals surface area contributed by atoms with E-state index in [4.69, 9.17) is 0 Å². The second kappa shape index (κ2) is 7.15. The molecule has 2 aromatic carbocycles. The second-order valence-electron chi connectivity index (χ2n) is 6.39. The van der Waals surface area contributed by atoms with Crippen molar-refractivity contribution in [1.82, 2.24) is 15.1 Å². The van der Waals surface area contributed by atoms with Crippen molar-refractivity contribution < 1.29 is 14.0 Å². The number of hydrogen-bond acceptors (Lipinski definition) is 3. The number of carbonyl (C=O) groups is 2. The zero-order valence-corrected chi connectivity index (χ0v) is 15.1. The SMILES string of the molecule is Cc1c(C(=O)Nc2ccc(N3CCNC3=O)cc2)cnn1-c1ccccc1F. The molecule has 7 nitrogen and oxygen atoms in total. The maximum absolute atomic E-state index is 14.0. The van der Waals surface area contributed by atoms with Gasteiger partial charge in [-0.2, -0.15) is 5.10 Å². The minimum atomic E-state index is -0.415. The van der Waals surface area contributed by atoms with Crippen molar-refractivity contribution >= 4 is 23.3 Å². The predicted molar refractivity (Wildman–Crippen MR) is 103 cm³/mol. The highest BCUT2D eigenvalue weighted by Gasteiger charge is 2.21. The highest BCUT2D eigenvalue weighted by Crippen LogP contribution is 2.21. The molecular formula is C20H18FN5O2. The average molecular weight is 379 g/mol. The molecule has 1 aromatic heterocycles. The molecule has 1 saturated heterocycles. The summed E-state index contributed by atoms with van der Waals surface area (Å²) in [5.74, 6) is -0.756. The van der Waals surface area contributed by atoms with Crippen LogP contribution in [0.15, 0.2) is 54.7 Å². The molecule has 1 fully saturated rings. The Morgan fingerprint density at radius 2 is 1.93 bits per heavy atom. The van der Waals surface area contributed by atoms with Crippen molar-refractivity contribution in [3.05, 3.63) is 71.8 Å². The number of nitrogens with zero attached hydrogens (tertiary/aromatic N) is 3. The second-order valence-corrected chi connectivity index (χ2v) is 6.39. The Kier molecular flexibility index (Phi) is 4.52. The predicted octanol–water partition coefficient (Wildman–Crippen LogP) is 3.10. The maximum atomic E-state index is 14.0. The summed E-state index contributed by atoms with van der Waals surface area (Å²) < 4.78 is 15.4. The van der Waals surface area contributed by atoms with E-state index >= 15 is 0 Å². The minimum Gasteiger partial charge on any atom is -0.336 e. The summed E-state index contributed by atoms with van der Waals surface area (Å²) >= 11 is 0. The highest BCUT2D eigenvalue weighted by molar-refractivity contribution is 6.05. The first-order chi connectivity index (χ1) is 13.5. The number of rotatable bonds is 4. The van der Waals surface area contributed by atoms with Crippen LogP contribution in [-0.4, -0.2) is 34.8 Å². The van der Waals surface area contributed by atoms with Gasteiger partial charge in [0.25, 0.3) is 5.91 Å². The monoisotopic (exact) mass is 379 g/mol. The molecule has 0 aliphatic carbocycles. The van der Waals surface area contributed by atoms with Crippen molar-refractivity contribution in [2.45, 2.75) is 6.92 Å². The van der Waals surface area contributed by atoms with E-state index in [1.54, 1.807) is 54.3 Å². The van der Waals surface area contributed by atoms with Crippen LogP contribution in [0, 0.1) is 12.7 Å². The van der Waals surface area contributed by atoms with Crippen LogP contribution < -0.4 is 15.5 Å². The Bertz CT molecular complexity index is 1050. The molecule has 0 unspecified atom stereocenters. The smallest absolute Gasteiger partial charge is 0.321 e. The quantitative estimate of drug-likeness (QED) is 0.731. The Morgan fingerprint density at radius 1 is 1.18 bits per heavy atom. The van der Waals surface area contributed by atoms with Crippen LogP contribution in [0.25, 0.3) is 5.69 Å². The number of halogens is 1. The van der Waals surface area contributed by atoms with Crippen LogP contribution in [0.2, 0.25) is 0 Å². The first kappa shape index (κ1) is 17.7. The molecular weight excluding hydrogens is 361 g/mol. The van der Waals surface area contributed by atoms with Crippen LogP contribution in [0.3, 0.4) is 0 Å². The standard InChI is InChI=1S/C20H18FN5O2/c1-13-16(12-23-26(13)18-5-3-2-4-17(18)21)19(27)24-14-6-8-15(9-7-14)25-11-10-22-20(25)28/h2-9,12H,10-11H2,1H3,(H,22,28)(H,24,27). The zero-order chi connectivity index (χ0) is 19.7. The van der Waals surface area contributed by atoms with E-state index in [0.717, 1.165) is 5.69 Å². The van der Waals surface area contributed by atoms with Crippen molar-refractivity contribution in [2.24, 2.45) is 0 Å². The van der Waals surface area contributed by atoms with E-state index in [-0.39, 0.29) is 17.6 Å². The number of carbonyl (C=O) groups excluding carboxylic acids is 2. The summed E-state index contributed by atoms with van der Waals surface area (Å²) in [7, 11) is 0. The highest BCUT2D eigenvalue weighted by atomic mass is 19.1. The van der Waals surface area contributed by atoms with Crippen molar-refractivity contribution in [1.29, 1.82) is 0 Å². The zero-order valence-electron chi connectivity index (χ0n) is 15.1. The molecule has 2 heterocycles. The van der Waals surface area contributed by atoms with Gasteiger partial charge in [-0.1, -0.05) is 12.1 Å². The van der Waals surface area contributed by atoms with Crippen LogP contribution >= 0.6 is 0 Å². The molecule has 3 aromatic rings. The molecule has 0 bridgehead atoms. The largest absolute Gasteiger partial charge is 0.336 e. The van der Waals surface area contributed by atoms with Crippen molar-refractivity contribution in [3.63, 3.8) is 0 Å². The van der Waals surface area contributed by atoms with Crippen LogP contribution in [0.5, 0.6) is 0 Å². The lowest BCUT2D eigenvalue weighted by atomic mass is 10.2. The van der Waals surface area contributed by atoms with Gasteiger partial charge in [0, 0.05) is 24.5 Å². The Morgan fingerprint density at radius 3 is 2.61 bits per heavy atom. The number of amides is 3. The molecule has 0 atom stereocenters. The number of urea groups is 1. The van der Waals surface area contributed by atoms with Gasteiger partial charge in [0.05, 0.1) is 17.5 Å². The average Bonchev–Trinajstić information content (AvgIpc) is 3.28. The van der Waals surface area contributed by atoms with Crippen LogP contribution in [0.1, 0.15) is 16.1 Å². The topological polar surface area (TPSA) is 79.3 Å². The molecule has 0 radical (unpaired) electrons. The normalized spacial score (nSPS) is 13.5. The Hall–Kier alpha value is -3.68. The first-order valence-electron chi connectivity index (χ1n) is 8.81. The van der Waals surface area contributed by atoms with Crippen molar-refractivity contribution in [3.8, 4) is 5.69 Å². The lowest BCUT2D eigenvalue weighted by molar-refractivity contribution is 0.102. The summed E-state index contributed by atoms with van der Waals surface area (Å²) in [6.07, 6.45) is 1.42. The lowest BCUT2D eigenvalue weighted by Crippen LogP contribution is -2.27. The van der Waals surface area contributed by atoms with Crippen molar-refractivity contribution in [2.75, 3.05) is 23.3 Å². The molecule has 0 spiro atoms. The number of aromatic nitrogens is 2. The van der Waals surface area contributed by atoms with Gasteiger partial charge in [-0.15, -0.1) is 0 Å². The number of hydrogen-bond donors (Lipinski definition) is 2.